The highest BCUT2D eigenvalue weighted by atomic mass is 35.5. The van der Waals surface area contributed by atoms with E-state index in [1.165, 1.54) is 0 Å². The second-order valence-electron chi connectivity index (χ2n) is 5.28. The van der Waals surface area contributed by atoms with Gasteiger partial charge in [-0.15, -0.1) is 0 Å². The zero-order valence-corrected chi connectivity index (χ0v) is 13.8. The largest absolute Gasteiger partial charge is 0.307 e. The molecule has 23 heavy (non-hydrogen) atoms. The number of nitrogens with zero attached hydrogens (tertiary/aromatic N) is 4. The Hall–Kier alpha value is -2.60. The van der Waals surface area contributed by atoms with Gasteiger partial charge in [0.15, 0.2) is 0 Å². The molecule has 0 aliphatic carbocycles. The summed E-state index contributed by atoms with van der Waals surface area (Å²) in [5, 5.41) is 12.0. The first-order valence-corrected chi connectivity index (χ1v) is 7.46. The van der Waals surface area contributed by atoms with Crippen molar-refractivity contribution in [2.75, 3.05) is 5.32 Å². The molecule has 0 unspecified atom stereocenters. The Kier molecular flexibility index (Phi) is 3.92. The molecule has 6 nitrogen and oxygen atoms in total. The van der Waals surface area contributed by atoms with E-state index in [1.807, 2.05) is 32.0 Å². The van der Waals surface area contributed by atoms with Crippen LogP contribution in [0.3, 0.4) is 0 Å². The quantitative estimate of drug-likeness (QED) is 0.803. The standard InChI is InChI=1S/C16H16ClN5O/c1-10-7-15(21(3)20-10)19-16(23)14-9-18-22(11(14)2)13-6-4-5-12(17)8-13/h4-9H,1-3H3,(H,19,23). The Morgan fingerprint density at radius 3 is 2.70 bits per heavy atom. The summed E-state index contributed by atoms with van der Waals surface area (Å²) in [7, 11) is 1.78. The monoisotopic (exact) mass is 329 g/mol. The number of aromatic nitrogens is 4. The number of halogens is 1. The lowest BCUT2D eigenvalue weighted by Gasteiger charge is -2.07. The molecule has 0 aliphatic rings. The van der Waals surface area contributed by atoms with Gasteiger partial charge in [-0.05, 0) is 32.0 Å². The van der Waals surface area contributed by atoms with Crippen molar-refractivity contribution in [3.63, 3.8) is 0 Å². The van der Waals surface area contributed by atoms with Crippen LogP contribution in [0.2, 0.25) is 5.02 Å². The number of anilines is 1. The van der Waals surface area contributed by atoms with Crippen molar-refractivity contribution in [3.8, 4) is 5.69 Å². The van der Waals surface area contributed by atoms with Crippen LogP contribution < -0.4 is 5.32 Å². The van der Waals surface area contributed by atoms with Gasteiger partial charge in [-0.3, -0.25) is 9.48 Å². The number of aryl methyl sites for hydroxylation is 2. The first-order valence-electron chi connectivity index (χ1n) is 7.08. The summed E-state index contributed by atoms with van der Waals surface area (Å²) in [4.78, 5) is 12.5. The van der Waals surface area contributed by atoms with Crippen LogP contribution >= 0.6 is 11.6 Å². The van der Waals surface area contributed by atoms with Crippen LogP contribution in [0, 0.1) is 13.8 Å². The molecule has 0 fully saturated rings. The molecule has 3 rings (SSSR count). The Morgan fingerprint density at radius 2 is 2.04 bits per heavy atom. The van der Waals surface area contributed by atoms with E-state index >= 15 is 0 Å². The van der Waals surface area contributed by atoms with Gasteiger partial charge < -0.3 is 5.32 Å². The molecule has 0 saturated carbocycles. The van der Waals surface area contributed by atoms with Crippen LogP contribution in [0.25, 0.3) is 5.69 Å². The van der Waals surface area contributed by atoms with E-state index in [0.717, 1.165) is 17.1 Å². The Balaban J connectivity index is 1.89. The zero-order valence-electron chi connectivity index (χ0n) is 13.0. The molecule has 1 amide bonds. The molecule has 2 aromatic heterocycles. The van der Waals surface area contributed by atoms with E-state index in [-0.39, 0.29) is 5.91 Å². The number of hydrogen-bond donors (Lipinski definition) is 1. The molecule has 3 aromatic rings. The SMILES string of the molecule is Cc1cc(NC(=O)c2cnn(-c3cccc(Cl)c3)c2C)n(C)n1. The lowest BCUT2D eigenvalue weighted by atomic mass is 10.2. The maximum Gasteiger partial charge on any atom is 0.260 e. The molecule has 0 bridgehead atoms. The molecule has 0 spiro atoms. The highest BCUT2D eigenvalue weighted by Crippen LogP contribution is 2.19. The van der Waals surface area contributed by atoms with Gasteiger partial charge in [0.1, 0.15) is 5.82 Å². The highest BCUT2D eigenvalue weighted by Gasteiger charge is 2.16. The number of carbonyl (C=O) groups excluding carboxylic acids is 1. The molecule has 0 atom stereocenters. The molecule has 1 N–H and O–H groups in total. The van der Waals surface area contributed by atoms with Crippen molar-refractivity contribution in [2.45, 2.75) is 13.8 Å². The molecule has 2 heterocycles. The second-order valence-corrected chi connectivity index (χ2v) is 5.72. The van der Waals surface area contributed by atoms with Crippen LogP contribution in [0.4, 0.5) is 5.82 Å². The summed E-state index contributed by atoms with van der Waals surface area (Å²) in [6.45, 7) is 3.72. The lowest BCUT2D eigenvalue weighted by molar-refractivity contribution is 0.102. The van der Waals surface area contributed by atoms with Crippen molar-refractivity contribution in [3.05, 3.63) is 58.5 Å². The van der Waals surface area contributed by atoms with Gasteiger partial charge in [-0.2, -0.15) is 10.2 Å². The number of nitrogens with one attached hydrogen (secondary N) is 1. The fourth-order valence-corrected chi connectivity index (χ4v) is 2.60. The summed E-state index contributed by atoms with van der Waals surface area (Å²) in [5.74, 6) is 0.418. The third-order valence-electron chi connectivity index (χ3n) is 3.55. The fourth-order valence-electron chi connectivity index (χ4n) is 2.41. The average molecular weight is 330 g/mol. The van der Waals surface area contributed by atoms with E-state index in [4.69, 9.17) is 11.6 Å². The first-order chi connectivity index (χ1) is 11.0. The van der Waals surface area contributed by atoms with E-state index in [2.05, 4.69) is 15.5 Å². The van der Waals surface area contributed by atoms with Crippen LogP contribution in [0.15, 0.2) is 36.5 Å². The van der Waals surface area contributed by atoms with Crippen LogP contribution in [0.5, 0.6) is 0 Å². The number of hydrogen-bond acceptors (Lipinski definition) is 3. The van der Waals surface area contributed by atoms with Crippen LogP contribution in [0.1, 0.15) is 21.7 Å². The summed E-state index contributed by atoms with van der Waals surface area (Å²) in [6.07, 6.45) is 1.55. The third kappa shape index (κ3) is 2.98. The highest BCUT2D eigenvalue weighted by molar-refractivity contribution is 6.30. The van der Waals surface area contributed by atoms with Gasteiger partial charge >= 0.3 is 0 Å². The predicted molar refractivity (Wildman–Crippen MR) is 89.2 cm³/mol. The van der Waals surface area contributed by atoms with Crippen molar-refractivity contribution >= 4 is 23.3 Å². The van der Waals surface area contributed by atoms with Gasteiger partial charge in [-0.25, -0.2) is 4.68 Å². The van der Waals surface area contributed by atoms with Gasteiger partial charge in [0, 0.05) is 18.1 Å². The van der Waals surface area contributed by atoms with E-state index in [0.29, 0.717) is 16.4 Å². The molecule has 0 radical (unpaired) electrons. The van der Waals surface area contributed by atoms with Crippen molar-refractivity contribution in [2.24, 2.45) is 7.05 Å². The molecular formula is C16H16ClN5O. The van der Waals surface area contributed by atoms with Crippen molar-refractivity contribution in [1.82, 2.24) is 19.6 Å². The number of rotatable bonds is 3. The summed E-state index contributed by atoms with van der Waals surface area (Å²) in [6, 6.07) is 9.14. The second kappa shape index (κ2) is 5.89. The first kappa shape index (κ1) is 15.3. The molecule has 0 saturated heterocycles. The van der Waals surface area contributed by atoms with Crippen LogP contribution in [-0.4, -0.2) is 25.5 Å². The minimum Gasteiger partial charge on any atom is -0.307 e. The predicted octanol–water partition coefficient (Wildman–Crippen LogP) is 3.13. The molecule has 7 heteroatoms. The Bertz CT molecular complexity index is 880. The smallest absolute Gasteiger partial charge is 0.260 e. The van der Waals surface area contributed by atoms with Gasteiger partial charge in [0.25, 0.3) is 5.91 Å². The van der Waals surface area contributed by atoms with E-state index in [9.17, 15) is 4.79 Å². The Morgan fingerprint density at radius 1 is 1.26 bits per heavy atom. The van der Waals surface area contributed by atoms with Gasteiger partial charge in [-0.1, -0.05) is 17.7 Å². The van der Waals surface area contributed by atoms with E-state index in [1.54, 1.807) is 34.7 Å². The molecular weight excluding hydrogens is 314 g/mol. The third-order valence-corrected chi connectivity index (χ3v) is 3.79. The maximum atomic E-state index is 12.5. The normalized spacial score (nSPS) is 10.8. The Labute approximate surface area is 138 Å². The topological polar surface area (TPSA) is 64.7 Å². The van der Waals surface area contributed by atoms with Crippen molar-refractivity contribution in [1.29, 1.82) is 0 Å². The maximum absolute atomic E-state index is 12.5. The van der Waals surface area contributed by atoms with Crippen molar-refractivity contribution < 1.29 is 4.79 Å². The van der Waals surface area contributed by atoms with Gasteiger partial charge in [0.05, 0.1) is 28.8 Å². The fraction of sp³-hybridized carbons (Fsp3) is 0.188. The minimum atomic E-state index is -0.223. The summed E-state index contributed by atoms with van der Waals surface area (Å²) >= 11 is 6.01. The summed E-state index contributed by atoms with van der Waals surface area (Å²) in [5.41, 5.74) is 2.90. The summed E-state index contributed by atoms with van der Waals surface area (Å²) < 4.78 is 3.32. The number of benzene rings is 1. The number of amides is 1. The minimum absolute atomic E-state index is 0.223. The zero-order chi connectivity index (χ0) is 16.6. The molecule has 0 aliphatic heterocycles. The average Bonchev–Trinajstić information content (AvgIpc) is 3.01. The number of carbonyl (C=O) groups is 1. The van der Waals surface area contributed by atoms with Gasteiger partial charge in [0.2, 0.25) is 0 Å². The van der Waals surface area contributed by atoms with E-state index < -0.39 is 0 Å². The molecule has 1 aromatic carbocycles. The lowest BCUT2D eigenvalue weighted by Crippen LogP contribution is -2.15. The van der Waals surface area contributed by atoms with Crippen LogP contribution in [-0.2, 0) is 7.05 Å². The molecule has 118 valence electrons.